The van der Waals surface area contributed by atoms with Gasteiger partial charge in [0.2, 0.25) is 0 Å². The fraction of sp³-hybridized carbons (Fsp3) is 0.235. The number of nitrogens with zero attached hydrogens (tertiary/aromatic N) is 1. The summed E-state index contributed by atoms with van der Waals surface area (Å²) in [6.45, 7) is 1.87. The number of carbonyl (C=O) groups is 1. The first-order valence-electron chi connectivity index (χ1n) is 7.25. The molecule has 0 bridgehead atoms. The monoisotopic (exact) mass is 302 g/mol. The highest BCUT2D eigenvalue weighted by atomic mass is 19.1. The topological polar surface area (TPSA) is 32.3 Å². The number of rotatable bonds is 3. The van der Waals surface area contributed by atoms with Crippen LogP contribution < -0.4 is 10.2 Å². The minimum atomic E-state index is -0.531. The lowest BCUT2D eigenvalue weighted by atomic mass is 10.2. The van der Waals surface area contributed by atoms with Crippen LogP contribution in [0.3, 0.4) is 0 Å². The highest BCUT2D eigenvalue weighted by Gasteiger charge is 2.15. The van der Waals surface area contributed by atoms with Crippen LogP contribution in [0.15, 0.2) is 42.5 Å². The van der Waals surface area contributed by atoms with Gasteiger partial charge in [0, 0.05) is 24.3 Å². The molecule has 1 aliphatic rings. The number of anilines is 2. The van der Waals surface area contributed by atoms with Crippen LogP contribution in [-0.2, 0) is 0 Å². The first kappa shape index (κ1) is 14.5. The van der Waals surface area contributed by atoms with Gasteiger partial charge in [-0.1, -0.05) is 6.07 Å². The quantitative estimate of drug-likeness (QED) is 0.935. The van der Waals surface area contributed by atoms with Crippen LogP contribution in [0.5, 0.6) is 0 Å². The molecule has 0 saturated carbocycles. The minimum absolute atomic E-state index is 0.110. The Balaban J connectivity index is 1.82. The molecule has 2 aromatic carbocycles. The highest BCUT2D eigenvalue weighted by Crippen LogP contribution is 2.26. The van der Waals surface area contributed by atoms with Crippen molar-refractivity contribution in [1.82, 2.24) is 0 Å². The number of halogens is 2. The molecular weight excluding hydrogens is 286 g/mol. The fourth-order valence-electron chi connectivity index (χ4n) is 2.61. The van der Waals surface area contributed by atoms with Gasteiger partial charge in [-0.15, -0.1) is 0 Å². The molecule has 0 radical (unpaired) electrons. The summed E-state index contributed by atoms with van der Waals surface area (Å²) in [5.41, 5.74) is 1.15. The van der Waals surface area contributed by atoms with Crippen molar-refractivity contribution in [2.75, 3.05) is 23.3 Å². The first-order chi connectivity index (χ1) is 10.6. The third-order valence-corrected chi connectivity index (χ3v) is 3.76. The molecular formula is C17H16F2N2O. The van der Waals surface area contributed by atoms with Gasteiger partial charge in [0.05, 0.1) is 5.69 Å². The van der Waals surface area contributed by atoms with Gasteiger partial charge in [-0.25, -0.2) is 8.78 Å². The zero-order chi connectivity index (χ0) is 15.5. The van der Waals surface area contributed by atoms with E-state index in [1.807, 2.05) is 0 Å². The first-order valence-corrected chi connectivity index (χ1v) is 7.25. The van der Waals surface area contributed by atoms with E-state index in [4.69, 9.17) is 0 Å². The van der Waals surface area contributed by atoms with Crippen molar-refractivity contribution in [3.8, 4) is 0 Å². The lowest BCUT2D eigenvalue weighted by Gasteiger charge is -2.19. The van der Waals surface area contributed by atoms with Crippen molar-refractivity contribution in [1.29, 1.82) is 0 Å². The summed E-state index contributed by atoms with van der Waals surface area (Å²) in [6, 6.07) is 9.98. The number of carbonyl (C=O) groups excluding carboxylic acids is 1. The van der Waals surface area contributed by atoms with Crippen LogP contribution in [-0.4, -0.2) is 19.0 Å². The Kier molecular flexibility index (Phi) is 4.04. The molecule has 0 atom stereocenters. The molecule has 1 N–H and O–H groups in total. The fourth-order valence-corrected chi connectivity index (χ4v) is 2.61. The molecule has 3 rings (SSSR count). The molecule has 114 valence electrons. The summed E-state index contributed by atoms with van der Waals surface area (Å²) in [7, 11) is 0. The van der Waals surface area contributed by atoms with Gasteiger partial charge in [0.15, 0.2) is 0 Å². The zero-order valence-electron chi connectivity index (χ0n) is 12.0. The predicted octanol–water partition coefficient (Wildman–Crippen LogP) is 3.82. The largest absolute Gasteiger partial charge is 0.371 e. The van der Waals surface area contributed by atoms with Crippen LogP contribution in [0.25, 0.3) is 0 Å². The Morgan fingerprint density at radius 2 is 1.82 bits per heavy atom. The van der Waals surface area contributed by atoms with Crippen LogP contribution in [0, 0.1) is 11.6 Å². The third kappa shape index (κ3) is 3.08. The minimum Gasteiger partial charge on any atom is -0.371 e. The molecule has 1 amide bonds. The van der Waals surface area contributed by atoms with E-state index < -0.39 is 17.5 Å². The lowest BCUT2D eigenvalue weighted by Crippen LogP contribution is -2.19. The smallest absolute Gasteiger partial charge is 0.255 e. The maximum Gasteiger partial charge on any atom is 0.255 e. The van der Waals surface area contributed by atoms with Crippen LogP contribution in [0.1, 0.15) is 23.2 Å². The number of amides is 1. The summed E-state index contributed by atoms with van der Waals surface area (Å²) in [6.07, 6.45) is 2.23. The molecule has 1 heterocycles. The molecule has 3 nitrogen and oxygen atoms in total. The van der Waals surface area contributed by atoms with Crippen LogP contribution in [0.2, 0.25) is 0 Å². The van der Waals surface area contributed by atoms with Gasteiger partial charge < -0.3 is 10.2 Å². The average molecular weight is 302 g/mol. The molecule has 0 unspecified atom stereocenters. The van der Waals surface area contributed by atoms with Gasteiger partial charge in [-0.2, -0.15) is 0 Å². The second-order valence-corrected chi connectivity index (χ2v) is 5.32. The van der Waals surface area contributed by atoms with Crippen molar-refractivity contribution < 1.29 is 13.6 Å². The maximum atomic E-state index is 13.9. The molecule has 22 heavy (non-hydrogen) atoms. The highest BCUT2D eigenvalue weighted by molar-refractivity contribution is 6.04. The van der Waals surface area contributed by atoms with Gasteiger partial charge in [0.25, 0.3) is 5.91 Å². The molecule has 1 fully saturated rings. The van der Waals surface area contributed by atoms with E-state index in [1.165, 1.54) is 24.3 Å². The summed E-state index contributed by atoms with van der Waals surface area (Å²) < 4.78 is 27.1. The summed E-state index contributed by atoms with van der Waals surface area (Å²) in [5.74, 6) is -1.54. The Morgan fingerprint density at radius 1 is 1.05 bits per heavy atom. The van der Waals surface area contributed by atoms with E-state index >= 15 is 0 Å². The van der Waals surface area contributed by atoms with Crippen LogP contribution >= 0.6 is 0 Å². The van der Waals surface area contributed by atoms with Gasteiger partial charge in [-0.3, -0.25) is 4.79 Å². The summed E-state index contributed by atoms with van der Waals surface area (Å²) in [5, 5.41) is 2.51. The Labute approximate surface area is 127 Å². The molecule has 1 aliphatic heterocycles. The summed E-state index contributed by atoms with van der Waals surface area (Å²) >= 11 is 0. The van der Waals surface area contributed by atoms with E-state index in [-0.39, 0.29) is 11.3 Å². The number of benzene rings is 2. The molecule has 0 spiro atoms. The second kappa shape index (κ2) is 6.13. The SMILES string of the molecule is O=C(Nc1cc(N2CCCC2)ccc1F)c1cccc(F)c1. The predicted molar refractivity (Wildman–Crippen MR) is 82.2 cm³/mol. The van der Waals surface area contributed by atoms with E-state index in [1.54, 1.807) is 12.1 Å². The Morgan fingerprint density at radius 3 is 2.55 bits per heavy atom. The van der Waals surface area contributed by atoms with Crippen molar-refractivity contribution in [2.45, 2.75) is 12.8 Å². The van der Waals surface area contributed by atoms with Crippen molar-refractivity contribution in [3.05, 3.63) is 59.7 Å². The van der Waals surface area contributed by atoms with E-state index in [0.29, 0.717) is 0 Å². The Hall–Kier alpha value is -2.43. The Bertz CT molecular complexity index is 697. The van der Waals surface area contributed by atoms with Gasteiger partial charge in [-0.05, 0) is 49.2 Å². The molecule has 1 saturated heterocycles. The van der Waals surface area contributed by atoms with E-state index in [0.717, 1.165) is 37.7 Å². The van der Waals surface area contributed by atoms with Gasteiger partial charge in [0.1, 0.15) is 11.6 Å². The zero-order valence-corrected chi connectivity index (χ0v) is 12.0. The third-order valence-electron chi connectivity index (χ3n) is 3.76. The average Bonchev–Trinajstić information content (AvgIpc) is 3.04. The number of hydrogen-bond donors (Lipinski definition) is 1. The van der Waals surface area contributed by atoms with Crippen LogP contribution in [0.4, 0.5) is 20.2 Å². The summed E-state index contributed by atoms with van der Waals surface area (Å²) in [4.78, 5) is 14.2. The van der Waals surface area contributed by atoms with Gasteiger partial charge >= 0.3 is 0 Å². The number of hydrogen-bond acceptors (Lipinski definition) is 2. The maximum absolute atomic E-state index is 13.9. The van der Waals surface area contributed by atoms with E-state index in [9.17, 15) is 13.6 Å². The molecule has 2 aromatic rings. The van der Waals surface area contributed by atoms with Crippen molar-refractivity contribution in [3.63, 3.8) is 0 Å². The van der Waals surface area contributed by atoms with E-state index in [2.05, 4.69) is 10.2 Å². The second-order valence-electron chi connectivity index (χ2n) is 5.32. The lowest BCUT2D eigenvalue weighted by molar-refractivity contribution is 0.102. The number of nitrogens with one attached hydrogen (secondary N) is 1. The van der Waals surface area contributed by atoms with Crippen molar-refractivity contribution >= 4 is 17.3 Å². The molecule has 5 heteroatoms. The van der Waals surface area contributed by atoms with Crippen molar-refractivity contribution in [2.24, 2.45) is 0 Å². The molecule has 0 aromatic heterocycles. The molecule has 0 aliphatic carbocycles. The normalized spacial score (nSPS) is 14.2. The standard InChI is InChI=1S/C17H16F2N2O/c18-13-5-3-4-12(10-13)17(22)20-16-11-14(6-7-15(16)19)21-8-1-2-9-21/h3-7,10-11H,1-2,8-9H2,(H,20,22).